The lowest BCUT2D eigenvalue weighted by Crippen LogP contribution is -2.29. The Morgan fingerprint density at radius 3 is 2.53 bits per heavy atom. The summed E-state index contributed by atoms with van der Waals surface area (Å²) in [5, 5.41) is 0. The molecule has 0 unspecified atom stereocenters. The maximum atomic E-state index is 6.14. The van der Waals surface area contributed by atoms with Gasteiger partial charge in [-0.2, -0.15) is 0 Å². The lowest BCUT2D eigenvalue weighted by Gasteiger charge is -2.24. The van der Waals surface area contributed by atoms with Crippen molar-refractivity contribution in [3.8, 4) is 0 Å². The fraction of sp³-hybridized carbons (Fsp3) is 0.538. The summed E-state index contributed by atoms with van der Waals surface area (Å²) >= 11 is 3.67. The summed E-state index contributed by atoms with van der Waals surface area (Å²) in [6.07, 6.45) is 5.05. The molecule has 2 heteroatoms. The standard InChI is InChI=1S/C13H18BrN/c1-13(2,15)10-7-9-5-3-4-6-11(9)12(14)8-10/h7-8H,3-6,15H2,1-2H3. The van der Waals surface area contributed by atoms with Gasteiger partial charge >= 0.3 is 0 Å². The second kappa shape index (κ2) is 3.91. The second-order valence-electron chi connectivity index (χ2n) is 5.02. The van der Waals surface area contributed by atoms with Crippen molar-refractivity contribution in [1.29, 1.82) is 0 Å². The van der Waals surface area contributed by atoms with Crippen molar-refractivity contribution in [1.82, 2.24) is 0 Å². The number of benzene rings is 1. The maximum Gasteiger partial charge on any atom is 0.0352 e. The molecule has 1 aliphatic carbocycles. The van der Waals surface area contributed by atoms with Gasteiger partial charge in [0.05, 0.1) is 0 Å². The lowest BCUT2D eigenvalue weighted by atomic mass is 9.86. The maximum absolute atomic E-state index is 6.14. The minimum absolute atomic E-state index is 0.241. The number of rotatable bonds is 1. The summed E-state index contributed by atoms with van der Waals surface area (Å²) in [6.45, 7) is 4.12. The van der Waals surface area contributed by atoms with Crippen LogP contribution in [0.2, 0.25) is 0 Å². The van der Waals surface area contributed by atoms with Gasteiger partial charge in [0.1, 0.15) is 0 Å². The van der Waals surface area contributed by atoms with Crippen LogP contribution in [0.3, 0.4) is 0 Å². The molecule has 2 N–H and O–H groups in total. The molecule has 0 saturated carbocycles. The largest absolute Gasteiger partial charge is 0.322 e. The minimum Gasteiger partial charge on any atom is -0.322 e. The predicted octanol–water partition coefficient (Wildman–Crippen LogP) is 3.52. The van der Waals surface area contributed by atoms with Gasteiger partial charge in [-0.3, -0.25) is 0 Å². The van der Waals surface area contributed by atoms with Crippen molar-refractivity contribution in [2.45, 2.75) is 45.1 Å². The molecule has 0 fully saturated rings. The first kappa shape index (κ1) is 11.2. The van der Waals surface area contributed by atoms with Crippen LogP contribution in [0.25, 0.3) is 0 Å². The molecule has 15 heavy (non-hydrogen) atoms. The first-order valence-corrected chi connectivity index (χ1v) is 6.38. The van der Waals surface area contributed by atoms with E-state index < -0.39 is 0 Å². The van der Waals surface area contributed by atoms with E-state index >= 15 is 0 Å². The van der Waals surface area contributed by atoms with Gasteiger partial charge in [-0.25, -0.2) is 0 Å². The lowest BCUT2D eigenvalue weighted by molar-refractivity contribution is 0.551. The summed E-state index contributed by atoms with van der Waals surface area (Å²) in [7, 11) is 0. The van der Waals surface area contributed by atoms with Crippen molar-refractivity contribution >= 4 is 15.9 Å². The van der Waals surface area contributed by atoms with E-state index in [1.54, 1.807) is 0 Å². The molecule has 1 aromatic rings. The van der Waals surface area contributed by atoms with E-state index in [1.165, 1.54) is 46.8 Å². The topological polar surface area (TPSA) is 26.0 Å². The molecule has 0 bridgehead atoms. The molecule has 0 aliphatic heterocycles. The van der Waals surface area contributed by atoms with Crippen LogP contribution in [0.4, 0.5) is 0 Å². The van der Waals surface area contributed by atoms with Gasteiger partial charge in [0.25, 0.3) is 0 Å². The molecule has 0 aromatic heterocycles. The van der Waals surface area contributed by atoms with E-state index in [0.29, 0.717) is 0 Å². The minimum atomic E-state index is -0.241. The number of aryl methyl sites for hydroxylation is 1. The Labute approximate surface area is 100 Å². The summed E-state index contributed by atoms with van der Waals surface area (Å²) in [6, 6.07) is 4.48. The Kier molecular flexibility index (Phi) is 2.91. The molecular formula is C13H18BrN. The second-order valence-corrected chi connectivity index (χ2v) is 5.88. The normalized spacial score (nSPS) is 16.3. The fourth-order valence-corrected chi connectivity index (χ4v) is 2.89. The number of hydrogen-bond acceptors (Lipinski definition) is 1. The van der Waals surface area contributed by atoms with E-state index in [0.717, 1.165) is 0 Å². The number of nitrogens with two attached hydrogens (primary N) is 1. The van der Waals surface area contributed by atoms with Crippen LogP contribution in [0.15, 0.2) is 16.6 Å². The first-order valence-electron chi connectivity index (χ1n) is 5.59. The van der Waals surface area contributed by atoms with E-state index in [9.17, 15) is 0 Å². The van der Waals surface area contributed by atoms with Crippen LogP contribution in [0.5, 0.6) is 0 Å². The van der Waals surface area contributed by atoms with Gasteiger partial charge in [0, 0.05) is 10.0 Å². The average molecular weight is 268 g/mol. The zero-order chi connectivity index (χ0) is 11.1. The molecule has 1 aliphatic rings. The Morgan fingerprint density at radius 2 is 1.87 bits per heavy atom. The number of fused-ring (bicyclic) bond motifs is 1. The van der Waals surface area contributed by atoms with Crippen molar-refractivity contribution in [3.63, 3.8) is 0 Å². The van der Waals surface area contributed by atoms with Crippen molar-refractivity contribution in [2.75, 3.05) is 0 Å². The summed E-state index contributed by atoms with van der Waals surface area (Å²) < 4.78 is 1.24. The van der Waals surface area contributed by atoms with Crippen LogP contribution in [-0.2, 0) is 18.4 Å². The highest BCUT2D eigenvalue weighted by atomic mass is 79.9. The number of hydrogen-bond donors (Lipinski definition) is 1. The summed E-state index contributed by atoms with van der Waals surface area (Å²) in [5.41, 5.74) is 10.1. The number of halogens is 1. The van der Waals surface area contributed by atoms with Crippen LogP contribution >= 0.6 is 15.9 Å². The smallest absolute Gasteiger partial charge is 0.0352 e. The van der Waals surface area contributed by atoms with E-state index in [4.69, 9.17) is 5.73 Å². The molecule has 0 saturated heterocycles. The highest BCUT2D eigenvalue weighted by Gasteiger charge is 2.19. The van der Waals surface area contributed by atoms with E-state index in [2.05, 4.69) is 41.9 Å². The molecule has 2 rings (SSSR count). The van der Waals surface area contributed by atoms with Gasteiger partial charge in [-0.15, -0.1) is 0 Å². The van der Waals surface area contributed by atoms with Gasteiger partial charge in [0.2, 0.25) is 0 Å². The third kappa shape index (κ3) is 2.26. The molecular weight excluding hydrogens is 250 g/mol. The molecule has 1 aromatic carbocycles. The Morgan fingerprint density at radius 1 is 1.20 bits per heavy atom. The zero-order valence-corrected chi connectivity index (χ0v) is 11.0. The van der Waals surface area contributed by atoms with Crippen LogP contribution in [0.1, 0.15) is 43.4 Å². The third-order valence-corrected chi connectivity index (χ3v) is 3.86. The average Bonchev–Trinajstić information content (AvgIpc) is 2.16. The zero-order valence-electron chi connectivity index (χ0n) is 9.44. The van der Waals surface area contributed by atoms with Crippen molar-refractivity contribution in [2.24, 2.45) is 5.73 Å². The molecule has 0 spiro atoms. The highest BCUT2D eigenvalue weighted by molar-refractivity contribution is 9.10. The molecule has 0 atom stereocenters. The Balaban J connectivity index is 2.50. The highest BCUT2D eigenvalue weighted by Crippen LogP contribution is 2.32. The monoisotopic (exact) mass is 267 g/mol. The van der Waals surface area contributed by atoms with Gasteiger partial charge in [0.15, 0.2) is 0 Å². The Bertz CT molecular complexity index is 377. The molecule has 0 heterocycles. The quantitative estimate of drug-likeness (QED) is 0.828. The van der Waals surface area contributed by atoms with Gasteiger partial charge < -0.3 is 5.73 Å². The van der Waals surface area contributed by atoms with E-state index in [1.807, 2.05) is 0 Å². The molecule has 0 amide bonds. The predicted molar refractivity (Wildman–Crippen MR) is 68.0 cm³/mol. The molecule has 82 valence electrons. The van der Waals surface area contributed by atoms with Crippen molar-refractivity contribution in [3.05, 3.63) is 33.3 Å². The Hall–Kier alpha value is -0.340. The third-order valence-electron chi connectivity index (χ3n) is 3.15. The van der Waals surface area contributed by atoms with Crippen LogP contribution in [-0.4, -0.2) is 0 Å². The molecule has 1 nitrogen and oxygen atoms in total. The van der Waals surface area contributed by atoms with E-state index in [-0.39, 0.29) is 5.54 Å². The summed E-state index contributed by atoms with van der Waals surface area (Å²) in [5.74, 6) is 0. The van der Waals surface area contributed by atoms with Crippen LogP contribution in [0, 0.1) is 0 Å². The SMILES string of the molecule is CC(C)(N)c1cc(Br)c2c(c1)CCCC2. The first-order chi connectivity index (χ1) is 6.98. The van der Waals surface area contributed by atoms with Gasteiger partial charge in [-0.1, -0.05) is 22.0 Å². The van der Waals surface area contributed by atoms with Crippen LogP contribution < -0.4 is 5.73 Å². The fourth-order valence-electron chi connectivity index (χ4n) is 2.19. The summed E-state index contributed by atoms with van der Waals surface area (Å²) in [4.78, 5) is 0. The molecule has 0 radical (unpaired) electrons. The van der Waals surface area contributed by atoms with Gasteiger partial charge in [-0.05, 0) is 62.3 Å². The van der Waals surface area contributed by atoms with Crippen molar-refractivity contribution < 1.29 is 0 Å².